The quantitative estimate of drug-likeness (QED) is 0.664. The van der Waals surface area contributed by atoms with Crippen LogP contribution in [0.1, 0.15) is 0 Å². The predicted molar refractivity (Wildman–Crippen MR) is 100 cm³/mol. The molecule has 4 rings (SSSR count). The van der Waals surface area contributed by atoms with E-state index >= 15 is 0 Å². The number of ether oxygens (including phenoxy) is 1. The van der Waals surface area contributed by atoms with Gasteiger partial charge in [-0.25, -0.2) is 4.98 Å². The summed E-state index contributed by atoms with van der Waals surface area (Å²) in [6.07, 6.45) is 1.92. The summed E-state index contributed by atoms with van der Waals surface area (Å²) in [6.45, 7) is -0.168. The lowest BCUT2D eigenvalue weighted by atomic mass is 10.1. The molecule has 3 heterocycles. The molecule has 0 radical (unpaired) electrons. The van der Waals surface area contributed by atoms with Crippen molar-refractivity contribution < 1.29 is 14.3 Å². The van der Waals surface area contributed by atoms with Crippen molar-refractivity contribution in [1.82, 2.24) is 24.6 Å². The zero-order valence-electron chi connectivity index (χ0n) is 15.3. The molecule has 0 fully saturated rings. The molecule has 1 aliphatic heterocycles. The second kappa shape index (κ2) is 6.80. The Bertz CT molecular complexity index is 1130. The number of amides is 2. The summed E-state index contributed by atoms with van der Waals surface area (Å²) in [5.41, 5.74) is 0.650. The second-order valence-corrected chi connectivity index (χ2v) is 6.38. The van der Waals surface area contributed by atoms with Gasteiger partial charge in [-0.3, -0.25) is 23.6 Å². The van der Waals surface area contributed by atoms with Crippen LogP contribution < -0.4 is 20.5 Å². The first-order valence-corrected chi connectivity index (χ1v) is 8.64. The number of aryl methyl sites for hydroxylation is 1. The number of hydrogen-bond acceptors (Lipinski definition) is 6. The van der Waals surface area contributed by atoms with Gasteiger partial charge in [0.25, 0.3) is 11.5 Å². The fourth-order valence-electron chi connectivity index (χ4n) is 3.18. The molecular formula is C18H18N6O4. The molecule has 1 aliphatic rings. The third kappa shape index (κ3) is 2.88. The van der Waals surface area contributed by atoms with Gasteiger partial charge >= 0.3 is 0 Å². The molecule has 0 saturated heterocycles. The van der Waals surface area contributed by atoms with Crippen molar-refractivity contribution in [3.8, 4) is 5.75 Å². The highest BCUT2D eigenvalue weighted by Gasteiger charge is 2.33. The van der Waals surface area contributed by atoms with Crippen LogP contribution in [0, 0.1) is 0 Å². The summed E-state index contributed by atoms with van der Waals surface area (Å²) in [7, 11) is 3.19. The highest BCUT2D eigenvalue weighted by atomic mass is 16.5. The minimum absolute atomic E-state index is 0.0484. The fraction of sp³-hybridized carbons (Fsp3) is 0.278. The van der Waals surface area contributed by atoms with Crippen LogP contribution in [-0.4, -0.2) is 50.8 Å². The number of nitrogens with one attached hydrogen (secondary N) is 1. The smallest absolute Gasteiger partial charge is 0.264 e. The maximum atomic E-state index is 13.0. The minimum Gasteiger partial charge on any atom is -0.477 e. The molecule has 10 nitrogen and oxygen atoms in total. The average Bonchev–Trinajstić information content (AvgIpc) is 3.10. The first-order valence-electron chi connectivity index (χ1n) is 8.64. The number of rotatable bonds is 3. The number of likely N-dealkylation sites (N-methyl/N-ethyl adjacent to an activating group) is 1. The zero-order valence-corrected chi connectivity index (χ0v) is 15.3. The number of para-hydroxylation sites is 2. The maximum Gasteiger partial charge on any atom is 0.264 e. The molecule has 0 spiro atoms. The lowest BCUT2D eigenvalue weighted by Crippen LogP contribution is -2.51. The van der Waals surface area contributed by atoms with Crippen molar-refractivity contribution in [3.63, 3.8) is 0 Å². The predicted octanol–water partition coefficient (Wildman–Crippen LogP) is -0.330. The fourth-order valence-corrected chi connectivity index (χ4v) is 3.18. The van der Waals surface area contributed by atoms with E-state index < -0.39 is 6.10 Å². The summed E-state index contributed by atoms with van der Waals surface area (Å²) in [4.78, 5) is 43.4. The van der Waals surface area contributed by atoms with Gasteiger partial charge in [-0.05, 0) is 12.1 Å². The number of hydrogen-bond donors (Lipinski definition) is 1. The molecule has 0 aliphatic carbocycles. The van der Waals surface area contributed by atoms with Crippen LogP contribution >= 0.6 is 0 Å². The number of carbonyl (C=O) groups excluding carboxylic acids is 2. The van der Waals surface area contributed by atoms with Crippen LogP contribution in [-0.2, 0) is 23.2 Å². The van der Waals surface area contributed by atoms with Crippen LogP contribution in [0.5, 0.6) is 5.75 Å². The Kier molecular flexibility index (Phi) is 4.30. The van der Waals surface area contributed by atoms with Gasteiger partial charge in [0.2, 0.25) is 5.91 Å². The molecule has 0 saturated carbocycles. The molecule has 144 valence electrons. The van der Waals surface area contributed by atoms with Crippen molar-refractivity contribution in [2.75, 3.05) is 18.5 Å². The van der Waals surface area contributed by atoms with Gasteiger partial charge in [-0.15, -0.1) is 0 Å². The highest BCUT2D eigenvalue weighted by molar-refractivity contribution is 5.97. The second-order valence-electron chi connectivity index (χ2n) is 6.38. The summed E-state index contributed by atoms with van der Waals surface area (Å²) in [5, 5.41) is 6.89. The van der Waals surface area contributed by atoms with E-state index in [1.807, 2.05) is 0 Å². The Morgan fingerprint density at radius 2 is 2.11 bits per heavy atom. The standard InChI is InChI=1S/C18H18N6O4/c1-19-17(26)14-8-24(12-5-3-4-6-13(12)28-14)15(25)9-23-10-20-16-11(18(23)27)7-21-22(16)2/h3-7,10,14H,8-9H2,1-2H3,(H,19,26)/t14-/m1/s1. The Hall–Kier alpha value is -3.69. The van der Waals surface area contributed by atoms with Gasteiger partial charge < -0.3 is 15.0 Å². The van der Waals surface area contributed by atoms with Crippen LogP contribution in [0.2, 0.25) is 0 Å². The van der Waals surface area contributed by atoms with E-state index in [1.165, 1.54) is 33.7 Å². The molecule has 0 bridgehead atoms. The Morgan fingerprint density at radius 3 is 2.89 bits per heavy atom. The van der Waals surface area contributed by atoms with Gasteiger partial charge in [-0.1, -0.05) is 12.1 Å². The summed E-state index contributed by atoms with van der Waals surface area (Å²) in [5.74, 6) is -0.247. The number of nitrogens with zero attached hydrogens (tertiary/aromatic N) is 5. The minimum atomic E-state index is -0.834. The van der Waals surface area contributed by atoms with Gasteiger partial charge in [0.15, 0.2) is 11.8 Å². The van der Waals surface area contributed by atoms with Crippen molar-refractivity contribution >= 4 is 28.5 Å². The largest absolute Gasteiger partial charge is 0.477 e. The molecule has 1 atom stereocenters. The molecule has 2 amide bonds. The monoisotopic (exact) mass is 382 g/mol. The van der Waals surface area contributed by atoms with Crippen molar-refractivity contribution in [3.05, 3.63) is 47.1 Å². The topological polar surface area (TPSA) is 111 Å². The number of aromatic nitrogens is 4. The van der Waals surface area contributed by atoms with E-state index in [4.69, 9.17) is 4.74 Å². The Morgan fingerprint density at radius 1 is 1.32 bits per heavy atom. The molecule has 3 aromatic rings. The van der Waals surface area contributed by atoms with E-state index in [0.29, 0.717) is 22.5 Å². The van der Waals surface area contributed by atoms with Gasteiger partial charge in [0.05, 0.1) is 18.4 Å². The molecular weight excluding hydrogens is 364 g/mol. The van der Waals surface area contributed by atoms with E-state index in [0.717, 1.165) is 0 Å². The van der Waals surface area contributed by atoms with E-state index in [-0.39, 0.29) is 30.5 Å². The third-order valence-electron chi connectivity index (χ3n) is 4.64. The number of fused-ring (bicyclic) bond motifs is 2. The van der Waals surface area contributed by atoms with Gasteiger partial charge in [0, 0.05) is 14.1 Å². The van der Waals surface area contributed by atoms with E-state index in [2.05, 4.69) is 15.4 Å². The van der Waals surface area contributed by atoms with Crippen molar-refractivity contribution in [1.29, 1.82) is 0 Å². The van der Waals surface area contributed by atoms with Crippen molar-refractivity contribution in [2.45, 2.75) is 12.6 Å². The van der Waals surface area contributed by atoms with E-state index in [9.17, 15) is 14.4 Å². The zero-order chi connectivity index (χ0) is 19.8. The number of benzene rings is 1. The van der Waals surface area contributed by atoms with Gasteiger partial charge in [-0.2, -0.15) is 5.10 Å². The Balaban J connectivity index is 1.66. The molecule has 1 N–H and O–H groups in total. The molecule has 1 aromatic carbocycles. The highest BCUT2D eigenvalue weighted by Crippen LogP contribution is 2.33. The van der Waals surface area contributed by atoms with Crippen molar-refractivity contribution in [2.24, 2.45) is 7.05 Å². The summed E-state index contributed by atoms with van der Waals surface area (Å²) < 4.78 is 8.43. The van der Waals surface area contributed by atoms with Gasteiger partial charge in [0.1, 0.15) is 24.0 Å². The number of anilines is 1. The lowest BCUT2D eigenvalue weighted by Gasteiger charge is -2.34. The average molecular weight is 382 g/mol. The van der Waals surface area contributed by atoms with Crippen LogP contribution in [0.3, 0.4) is 0 Å². The van der Waals surface area contributed by atoms with Crippen LogP contribution in [0.4, 0.5) is 5.69 Å². The SMILES string of the molecule is CNC(=O)[C@H]1CN(C(=O)Cn2cnc3c(cnn3C)c2=O)c2ccccc2O1. The summed E-state index contributed by atoms with van der Waals surface area (Å²) in [6, 6.07) is 6.97. The first-order chi connectivity index (χ1) is 13.5. The molecule has 28 heavy (non-hydrogen) atoms. The first kappa shape index (κ1) is 17.7. The maximum absolute atomic E-state index is 13.0. The van der Waals surface area contributed by atoms with Crippen LogP contribution in [0.15, 0.2) is 41.6 Å². The lowest BCUT2D eigenvalue weighted by molar-refractivity contribution is -0.128. The molecule has 0 unspecified atom stereocenters. The summed E-state index contributed by atoms with van der Waals surface area (Å²) >= 11 is 0. The normalized spacial score (nSPS) is 15.8. The van der Waals surface area contributed by atoms with Crippen LogP contribution in [0.25, 0.3) is 11.0 Å². The molecule has 2 aromatic heterocycles. The van der Waals surface area contributed by atoms with E-state index in [1.54, 1.807) is 31.3 Å². The number of carbonyl (C=O) groups is 2. The molecule has 10 heteroatoms. The third-order valence-corrected chi connectivity index (χ3v) is 4.64. The Labute approximate surface area is 159 Å².